The lowest BCUT2D eigenvalue weighted by Gasteiger charge is -2.32. The highest BCUT2D eigenvalue weighted by molar-refractivity contribution is 7.92. The summed E-state index contributed by atoms with van der Waals surface area (Å²) in [7, 11) is -3.39. The lowest BCUT2D eigenvalue weighted by molar-refractivity contribution is 0.219. The summed E-state index contributed by atoms with van der Waals surface area (Å²) >= 11 is 0. The van der Waals surface area contributed by atoms with E-state index in [1.807, 2.05) is 6.07 Å². The van der Waals surface area contributed by atoms with Gasteiger partial charge < -0.3 is 10.2 Å². The van der Waals surface area contributed by atoms with Gasteiger partial charge in [0, 0.05) is 19.1 Å². The molecular weight excluding hydrogens is 310 g/mol. The molecule has 0 radical (unpaired) electrons. The van der Waals surface area contributed by atoms with Crippen LogP contribution in [0.4, 0.5) is 5.69 Å². The van der Waals surface area contributed by atoms with Crippen molar-refractivity contribution in [3.05, 3.63) is 18.3 Å². The third-order valence-corrected chi connectivity index (χ3v) is 6.72. The van der Waals surface area contributed by atoms with Crippen LogP contribution in [0.5, 0.6) is 0 Å². The summed E-state index contributed by atoms with van der Waals surface area (Å²) in [4.78, 5) is 6.66. The number of hydrogen-bond acceptors (Lipinski definition) is 5. The van der Waals surface area contributed by atoms with Crippen LogP contribution in [0.2, 0.25) is 0 Å². The van der Waals surface area contributed by atoms with Crippen molar-refractivity contribution in [1.29, 1.82) is 0 Å². The molecule has 1 saturated heterocycles. The van der Waals surface area contributed by atoms with Crippen molar-refractivity contribution in [3.63, 3.8) is 0 Å². The fourth-order valence-electron chi connectivity index (χ4n) is 2.79. The molecule has 6 heteroatoms. The van der Waals surface area contributed by atoms with Crippen LogP contribution >= 0.6 is 0 Å². The van der Waals surface area contributed by atoms with Gasteiger partial charge >= 0.3 is 0 Å². The van der Waals surface area contributed by atoms with Gasteiger partial charge in [-0.1, -0.05) is 6.92 Å². The van der Waals surface area contributed by atoms with Gasteiger partial charge in [0.25, 0.3) is 0 Å². The van der Waals surface area contributed by atoms with Crippen molar-refractivity contribution in [3.8, 4) is 0 Å². The van der Waals surface area contributed by atoms with E-state index in [9.17, 15) is 8.42 Å². The molecule has 1 aromatic heterocycles. The number of likely N-dealkylation sites (tertiary alicyclic amines) is 1. The third-order valence-electron chi connectivity index (χ3n) is 4.32. The van der Waals surface area contributed by atoms with Crippen LogP contribution in [-0.4, -0.2) is 48.7 Å². The number of hydrogen-bond donors (Lipinski definition) is 1. The van der Waals surface area contributed by atoms with Gasteiger partial charge in [0.2, 0.25) is 0 Å². The summed E-state index contributed by atoms with van der Waals surface area (Å²) in [5.74, 6) is 0. The quantitative estimate of drug-likeness (QED) is 0.893. The molecule has 0 spiro atoms. The SMILES string of the molecule is CCCN1CCC(Nc2ccc(S(=O)(=O)C(C)(C)C)nc2)CC1. The van der Waals surface area contributed by atoms with Gasteiger partial charge in [-0.25, -0.2) is 13.4 Å². The number of pyridine rings is 1. The fourth-order valence-corrected chi connectivity index (χ4v) is 3.86. The molecule has 23 heavy (non-hydrogen) atoms. The van der Waals surface area contributed by atoms with Crippen molar-refractivity contribution in [2.24, 2.45) is 0 Å². The largest absolute Gasteiger partial charge is 0.381 e. The maximum atomic E-state index is 12.4. The summed E-state index contributed by atoms with van der Waals surface area (Å²) in [5, 5.41) is 3.62. The molecule has 0 bridgehead atoms. The van der Waals surface area contributed by atoms with E-state index in [1.165, 1.54) is 13.0 Å². The monoisotopic (exact) mass is 339 g/mol. The molecule has 0 amide bonds. The Hall–Kier alpha value is -1.14. The molecule has 0 aromatic carbocycles. The number of piperidine rings is 1. The third kappa shape index (κ3) is 4.44. The maximum absolute atomic E-state index is 12.4. The second-order valence-corrected chi connectivity index (χ2v) is 9.91. The van der Waals surface area contributed by atoms with Gasteiger partial charge in [-0.3, -0.25) is 0 Å². The van der Waals surface area contributed by atoms with Crippen LogP contribution in [0.3, 0.4) is 0 Å². The average Bonchev–Trinajstić information content (AvgIpc) is 2.49. The van der Waals surface area contributed by atoms with E-state index in [1.54, 1.807) is 33.0 Å². The van der Waals surface area contributed by atoms with E-state index < -0.39 is 14.6 Å². The number of aromatic nitrogens is 1. The number of rotatable bonds is 5. The Morgan fingerprint density at radius 3 is 2.39 bits per heavy atom. The Labute approximate surface area is 140 Å². The molecule has 0 atom stereocenters. The highest BCUT2D eigenvalue weighted by atomic mass is 32.2. The van der Waals surface area contributed by atoms with Gasteiger partial charge in [0.05, 0.1) is 16.6 Å². The van der Waals surface area contributed by atoms with E-state index in [0.717, 1.165) is 31.6 Å². The molecule has 0 aliphatic carbocycles. The second kappa shape index (κ2) is 7.18. The standard InChI is InChI=1S/C17H29N3O2S/c1-5-10-20-11-8-14(9-12-20)19-15-6-7-16(18-13-15)23(21,22)17(2,3)4/h6-7,13-14,19H,5,8-12H2,1-4H3. The first-order chi connectivity index (χ1) is 10.7. The second-order valence-electron chi connectivity index (χ2n) is 7.26. The van der Waals surface area contributed by atoms with Crippen LogP contribution < -0.4 is 5.32 Å². The number of nitrogens with zero attached hydrogens (tertiary/aromatic N) is 2. The number of anilines is 1. The Morgan fingerprint density at radius 1 is 1.26 bits per heavy atom. The molecule has 2 heterocycles. The first-order valence-corrected chi connectivity index (χ1v) is 9.92. The lowest BCUT2D eigenvalue weighted by Crippen LogP contribution is -2.39. The van der Waals surface area contributed by atoms with Crippen LogP contribution in [-0.2, 0) is 9.84 Å². The molecule has 0 unspecified atom stereocenters. The van der Waals surface area contributed by atoms with Crippen LogP contribution in [0, 0.1) is 0 Å². The summed E-state index contributed by atoms with van der Waals surface area (Å²) < 4.78 is 23.9. The van der Waals surface area contributed by atoms with E-state index in [-0.39, 0.29) is 5.03 Å². The minimum Gasteiger partial charge on any atom is -0.381 e. The van der Waals surface area contributed by atoms with Gasteiger partial charge in [0.15, 0.2) is 14.9 Å². The molecule has 130 valence electrons. The van der Waals surface area contributed by atoms with Crippen LogP contribution in [0.15, 0.2) is 23.4 Å². The predicted octanol–water partition coefficient (Wildman–Crippen LogP) is 2.94. The summed E-state index contributed by atoms with van der Waals surface area (Å²) in [6.45, 7) is 10.7. The highest BCUT2D eigenvalue weighted by Crippen LogP contribution is 2.24. The minimum atomic E-state index is -3.39. The zero-order valence-electron chi connectivity index (χ0n) is 14.7. The Balaban J connectivity index is 1.97. The Morgan fingerprint density at radius 2 is 1.91 bits per heavy atom. The highest BCUT2D eigenvalue weighted by Gasteiger charge is 2.32. The predicted molar refractivity (Wildman–Crippen MR) is 94.6 cm³/mol. The van der Waals surface area contributed by atoms with E-state index in [4.69, 9.17) is 0 Å². The van der Waals surface area contributed by atoms with Gasteiger partial charge in [-0.2, -0.15) is 0 Å². The van der Waals surface area contributed by atoms with E-state index in [0.29, 0.717) is 6.04 Å². The summed E-state index contributed by atoms with van der Waals surface area (Å²) in [5.41, 5.74) is 0.895. The molecule has 1 fully saturated rings. The zero-order chi connectivity index (χ0) is 17.1. The normalized spacial score (nSPS) is 18.1. The van der Waals surface area contributed by atoms with Gasteiger partial charge in [0.1, 0.15) is 0 Å². The topological polar surface area (TPSA) is 62.3 Å². The van der Waals surface area contributed by atoms with Gasteiger partial charge in [-0.15, -0.1) is 0 Å². The minimum absolute atomic E-state index is 0.147. The average molecular weight is 340 g/mol. The first kappa shape index (κ1) is 18.2. The van der Waals surface area contributed by atoms with Crippen LogP contribution in [0.1, 0.15) is 47.0 Å². The molecule has 1 aromatic rings. The molecule has 2 rings (SSSR count). The summed E-state index contributed by atoms with van der Waals surface area (Å²) in [6.07, 6.45) is 5.06. The zero-order valence-corrected chi connectivity index (χ0v) is 15.5. The molecule has 1 N–H and O–H groups in total. The Bertz CT molecular complexity index is 598. The summed E-state index contributed by atoms with van der Waals surface area (Å²) in [6, 6.07) is 3.87. The van der Waals surface area contributed by atoms with E-state index >= 15 is 0 Å². The smallest absolute Gasteiger partial charge is 0.200 e. The molecular formula is C17H29N3O2S. The molecule has 0 saturated carbocycles. The Kier molecular flexibility index (Phi) is 5.68. The van der Waals surface area contributed by atoms with Crippen molar-refractivity contribution in [1.82, 2.24) is 9.88 Å². The maximum Gasteiger partial charge on any atom is 0.200 e. The lowest BCUT2D eigenvalue weighted by atomic mass is 10.0. The molecule has 5 nitrogen and oxygen atoms in total. The van der Waals surface area contributed by atoms with Crippen molar-refractivity contribution < 1.29 is 8.42 Å². The molecule has 1 aliphatic rings. The van der Waals surface area contributed by atoms with Crippen molar-refractivity contribution in [2.75, 3.05) is 25.0 Å². The number of nitrogens with one attached hydrogen (secondary N) is 1. The van der Waals surface area contributed by atoms with Crippen LogP contribution in [0.25, 0.3) is 0 Å². The number of sulfone groups is 1. The molecule has 1 aliphatic heterocycles. The van der Waals surface area contributed by atoms with E-state index in [2.05, 4.69) is 22.1 Å². The first-order valence-electron chi connectivity index (χ1n) is 8.43. The van der Waals surface area contributed by atoms with Crippen molar-refractivity contribution >= 4 is 15.5 Å². The fraction of sp³-hybridized carbons (Fsp3) is 0.706. The van der Waals surface area contributed by atoms with Gasteiger partial charge in [-0.05, 0) is 58.7 Å². The van der Waals surface area contributed by atoms with Crippen molar-refractivity contribution in [2.45, 2.75) is 62.8 Å².